The van der Waals surface area contributed by atoms with Gasteiger partial charge in [-0.3, -0.25) is 15.0 Å². The smallest absolute Gasteiger partial charge is 0.307 e. The van der Waals surface area contributed by atoms with E-state index in [1.165, 1.54) is 32.1 Å². The number of nitrogens with zero attached hydrogens (tertiary/aromatic N) is 1. The van der Waals surface area contributed by atoms with Gasteiger partial charge in [-0.05, 0) is 56.7 Å². The van der Waals surface area contributed by atoms with E-state index < -0.39 is 6.03 Å². The van der Waals surface area contributed by atoms with E-state index >= 15 is 0 Å². The van der Waals surface area contributed by atoms with E-state index in [9.17, 15) is 9.59 Å². The number of amides is 3. The number of carbonyl (C=O) groups is 2. The molecule has 2 N–H and O–H groups in total. The number of carbonyl (C=O) groups excluding carboxylic acids is 2. The van der Waals surface area contributed by atoms with Crippen molar-refractivity contribution < 1.29 is 9.59 Å². The standard InChI is InChI=1S/C20H29N3O2/c1-14-7-8-18(15(2)11-14)21-20(25)22-19(24)13-23-10-9-16-5-3-4-6-17(16)12-23/h7-8,11,16-17H,3-6,9-10,12-13H2,1-2H3,(H2,21,22,24,25)/t16-,17+/m0/s1. The first-order valence-corrected chi connectivity index (χ1v) is 9.41. The number of anilines is 1. The van der Waals surface area contributed by atoms with E-state index in [1.54, 1.807) is 0 Å². The first-order valence-electron chi connectivity index (χ1n) is 9.41. The predicted octanol–water partition coefficient (Wildman–Crippen LogP) is 3.46. The largest absolute Gasteiger partial charge is 0.325 e. The van der Waals surface area contributed by atoms with Gasteiger partial charge in [-0.15, -0.1) is 0 Å². The van der Waals surface area contributed by atoms with Crippen molar-refractivity contribution in [3.05, 3.63) is 29.3 Å². The molecule has 2 fully saturated rings. The van der Waals surface area contributed by atoms with Crippen molar-refractivity contribution in [1.29, 1.82) is 0 Å². The van der Waals surface area contributed by atoms with Gasteiger partial charge in [0, 0.05) is 12.2 Å². The molecule has 25 heavy (non-hydrogen) atoms. The number of rotatable bonds is 3. The summed E-state index contributed by atoms with van der Waals surface area (Å²) in [5, 5.41) is 5.22. The average Bonchev–Trinajstić information content (AvgIpc) is 2.57. The van der Waals surface area contributed by atoms with Crippen LogP contribution >= 0.6 is 0 Å². The van der Waals surface area contributed by atoms with Crippen LogP contribution in [0.5, 0.6) is 0 Å². The minimum atomic E-state index is -0.454. The number of aryl methyl sites for hydroxylation is 2. The van der Waals surface area contributed by atoms with Gasteiger partial charge >= 0.3 is 6.03 Å². The summed E-state index contributed by atoms with van der Waals surface area (Å²) in [5.41, 5.74) is 2.87. The lowest BCUT2D eigenvalue weighted by molar-refractivity contribution is -0.121. The van der Waals surface area contributed by atoms with Crippen LogP contribution in [0.25, 0.3) is 0 Å². The highest BCUT2D eigenvalue weighted by atomic mass is 16.2. The first-order chi connectivity index (χ1) is 12.0. The van der Waals surface area contributed by atoms with Crippen LogP contribution in [0.2, 0.25) is 0 Å². The van der Waals surface area contributed by atoms with Gasteiger partial charge in [0.15, 0.2) is 0 Å². The molecule has 0 radical (unpaired) electrons. The topological polar surface area (TPSA) is 61.4 Å². The molecule has 0 bridgehead atoms. The highest BCUT2D eigenvalue weighted by Crippen LogP contribution is 2.35. The molecule has 2 aliphatic rings. The maximum atomic E-state index is 12.2. The van der Waals surface area contributed by atoms with Crippen molar-refractivity contribution in [3.63, 3.8) is 0 Å². The summed E-state index contributed by atoms with van der Waals surface area (Å²) < 4.78 is 0. The van der Waals surface area contributed by atoms with Crippen LogP contribution in [0.4, 0.5) is 10.5 Å². The van der Waals surface area contributed by atoms with Crippen LogP contribution in [0.3, 0.4) is 0 Å². The summed E-state index contributed by atoms with van der Waals surface area (Å²) >= 11 is 0. The third-order valence-corrected chi connectivity index (χ3v) is 5.63. The first kappa shape index (κ1) is 17.9. The Morgan fingerprint density at radius 1 is 1.12 bits per heavy atom. The molecule has 1 saturated carbocycles. The van der Waals surface area contributed by atoms with Gasteiger partial charge in [0.2, 0.25) is 5.91 Å². The van der Waals surface area contributed by atoms with Crippen LogP contribution in [-0.2, 0) is 4.79 Å². The quantitative estimate of drug-likeness (QED) is 0.883. The average molecular weight is 343 g/mol. The molecule has 5 nitrogen and oxygen atoms in total. The van der Waals surface area contributed by atoms with Crippen molar-refractivity contribution in [1.82, 2.24) is 10.2 Å². The highest BCUT2D eigenvalue weighted by Gasteiger charge is 2.31. The van der Waals surface area contributed by atoms with Gasteiger partial charge in [0.1, 0.15) is 0 Å². The molecule has 0 spiro atoms. The zero-order valence-electron chi connectivity index (χ0n) is 15.3. The Bertz CT molecular complexity index is 644. The summed E-state index contributed by atoms with van der Waals surface area (Å²) in [7, 11) is 0. The summed E-state index contributed by atoms with van der Waals surface area (Å²) in [5.74, 6) is 1.36. The molecule has 1 aromatic rings. The molecule has 1 heterocycles. The van der Waals surface area contributed by atoms with E-state index in [2.05, 4.69) is 15.5 Å². The van der Waals surface area contributed by atoms with Crippen LogP contribution in [0.1, 0.15) is 43.2 Å². The zero-order valence-corrected chi connectivity index (χ0v) is 15.3. The summed E-state index contributed by atoms with van der Waals surface area (Å²) in [4.78, 5) is 26.5. The minimum absolute atomic E-state index is 0.225. The molecule has 1 saturated heterocycles. The van der Waals surface area contributed by atoms with Gasteiger partial charge in [0.05, 0.1) is 6.54 Å². The predicted molar refractivity (Wildman–Crippen MR) is 99.6 cm³/mol. The summed E-state index contributed by atoms with van der Waals surface area (Å²) in [6, 6.07) is 5.36. The molecule has 0 unspecified atom stereocenters. The minimum Gasteiger partial charge on any atom is -0.307 e. The number of benzene rings is 1. The Kier molecular flexibility index (Phi) is 5.74. The van der Waals surface area contributed by atoms with E-state index in [1.807, 2.05) is 32.0 Å². The fraction of sp³-hybridized carbons (Fsp3) is 0.600. The fourth-order valence-corrected chi connectivity index (χ4v) is 4.30. The Morgan fingerprint density at radius 3 is 2.64 bits per heavy atom. The molecule has 1 aromatic carbocycles. The molecule has 0 aromatic heterocycles. The molecule has 5 heteroatoms. The molecule has 136 valence electrons. The van der Waals surface area contributed by atoms with E-state index in [0.717, 1.165) is 41.7 Å². The van der Waals surface area contributed by atoms with Gasteiger partial charge < -0.3 is 5.32 Å². The lowest BCUT2D eigenvalue weighted by Crippen LogP contribution is -2.47. The Hall–Kier alpha value is -1.88. The third kappa shape index (κ3) is 4.82. The number of nitrogens with one attached hydrogen (secondary N) is 2. The second-order valence-corrected chi connectivity index (χ2v) is 7.65. The van der Waals surface area contributed by atoms with Gasteiger partial charge in [-0.2, -0.15) is 0 Å². The van der Waals surface area contributed by atoms with E-state index in [4.69, 9.17) is 0 Å². The van der Waals surface area contributed by atoms with Gasteiger partial charge in [-0.1, -0.05) is 37.0 Å². The Balaban J connectivity index is 1.46. The molecule has 1 aliphatic heterocycles. The van der Waals surface area contributed by atoms with E-state index in [0.29, 0.717) is 6.54 Å². The number of imide groups is 1. The van der Waals surface area contributed by atoms with Crippen molar-refractivity contribution in [3.8, 4) is 0 Å². The number of hydrogen-bond donors (Lipinski definition) is 2. The lowest BCUT2D eigenvalue weighted by Gasteiger charge is -2.41. The van der Waals surface area contributed by atoms with Crippen LogP contribution in [-0.4, -0.2) is 36.5 Å². The second kappa shape index (κ2) is 8.00. The van der Waals surface area contributed by atoms with E-state index in [-0.39, 0.29) is 5.91 Å². The van der Waals surface area contributed by atoms with Crippen LogP contribution in [0, 0.1) is 25.7 Å². The molecule has 2 atom stereocenters. The molecular weight excluding hydrogens is 314 g/mol. The van der Waals surface area contributed by atoms with Crippen molar-refractivity contribution in [2.45, 2.75) is 46.0 Å². The highest BCUT2D eigenvalue weighted by molar-refractivity contribution is 6.02. The molecule has 1 aliphatic carbocycles. The SMILES string of the molecule is Cc1ccc(NC(=O)NC(=O)CN2CC[C@@H]3CCCC[C@@H]3C2)c(C)c1. The summed E-state index contributed by atoms with van der Waals surface area (Å²) in [6.07, 6.45) is 6.51. The zero-order chi connectivity index (χ0) is 17.8. The Labute approximate surface area is 150 Å². The maximum absolute atomic E-state index is 12.2. The Morgan fingerprint density at radius 2 is 1.88 bits per heavy atom. The van der Waals surface area contributed by atoms with Gasteiger partial charge in [0.25, 0.3) is 0 Å². The van der Waals surface area contributed by atoms with Crippen molar-refractivity contribution in [2.24, 2.45) is 11.8 Å². The molecule has 3 amide bonds. The summed E-state index contributed by atoms with van der Waals surface area (Å²) in [6.45, 7) is 6.22. The van der Waals surface area contributed by atoms with Crippen molar-refractivity contribution in [2.75, 3.05) is 25.0 Å². The maximum Gasteiger partial charge on any atom is 0.325 e. The number of likely N-dealkylation sites (tertiary alicyclic amines) is 1. The molecular formula is C20H29N3O2. The third-order valence-electron chi connectivity index (χ3n) is 5.63. The number of hydrogen-bond acceptors (Lipinski definition) is 3. The normalized spacial score (nSPS) is 23.6. The van der Waals surface area contributed by atoms with Gasteiger partial charge in [-0.25, -0.2) is 4.79 Å². The monoisotopic (exact) mass is 343 g/mol. The number of piperidine rings is 1. The molecule has 3 rings (SSSR count). The van der Waals surface area contributed by atoms with Crippen LogP contribution in [0.15, 0.2) is 18.2 Å². The number of urea groups is 1. The lowest BCUT2D eigenvalue weighted by atomic mass is 9.75. The second-order valence-electron chi connectivity index (χ2n) is 7.65. The number of fused-ring (bicyclic) bond motifs is 1. The van der Waals surface area contributed by atoms with Crippen LogP contribution < -0.4 is 10.6 Å². The van der Waals surface area contributed by atoms with Crippen molar-refractivity contribution >= 4 is 17.6 Å². The fourth-order valence-electron chi connectivity index (χ4n) is 4.30.